The van der Waals surface area contributed by atoms with Gasteiger partial charge in [-0.1, -0.05) is 23.7 Å². The van der Waals surface area contributed by atoms with Crippen LogP contribution in [-0.2, 0) is 16.6 Å². The van der Waals surface area contributed by atoms with Gasteiger partial charge in [-0.3, -0.25) is 9.20 Å². The van der Waals surface area contributed by atoms with Gasteiger partial charge in [0.2, 0.25) is 10.0 Å². The molecule has 0 saturated carbocycles. The van der Waals surface area contributed by atoms with Crippen molar-refractivity contribution in [3.63, 3.8) is 0 Å². The minimum absolute atomic E-state index is 0.00747. The van der Waals surface area contributed by atoms with Gasteiger partial charge < -0.3 is 0 Å². The SMILES string of the molecule is Cc1n[nH]c(=O)c2cc(S(=O)(=O)NCc3ccc(Cl)cc3)cn12. The quantitative estimate of drug-likeness (QED) is 0.743. The number of sulfonamides is 1. The van der Waals surface area contributed by atoms with E-state index in [1.165, 1.54) is 16.7 Å². The van der Waals surface area contributed by atoms with Crippen LogP contribution in [0.2, 0.25) is 5.02 Å². The first kappa shape index (κ1) is 15.7. The molecular weight excluding hydrogens is 340 g/mol. The molecule has 23 heavy (non-hydrogen) atoms. The third-order valence-electron chi connectivity index (χ3n) is 3.39. The number of hydrogen-bond donors (Lipinski definition) is 2. The summed E-state index contributed by atoms with van der Waals surface area (Å²) in [7, 11) is -3.75. The lowest BCUT2D eigenvalue weighted by molar-refractivity contribution is 0.581. The Morgan fingerprint density at radius 2 is 2.00 bits per heavy atom. The highest BCUT2D eigenvalue weighted by Crippen LogP contribution is 2.15. The highest BCUT2D eigenvalue weighted by Gasteiger charge is 2.18. The first-order valence-corrected chi connectivity index (χ1v) is 8.54. The molecule has 0 unspecified atom stereocenters. The van der Waals surface area contributed by atoms with Gasteiger partial charge in [0.25, 0.3) is 5.56 Å². The molecule has 1 aromatic carbocycles. The molecule has 0 atom stereocenters. The molecule has 0 aliphatic heterocycles. The fourth-order valence-electron chi connectivity index (χ4n) is 2.13. The van der Waals surface area contributed by atoms with Gasteiger partial charge in [-0.25, -0.2) is 18.2 Å². The lowest BCUT2D eigenvalue weighted by Gasteiger charge is -2.05. The Labute approximate surface area is 137 Å². The average Bonchev–Trinajstić information content (AvgIpc) is 2.98. The van der Waals surface area contributed by atoms with E-state index in [0.717, 1.165) is 5.56 Å². The van der Waals surface area contributed by atoms with Crippen molar-refractivity contribution in [1.29, 1.82) is 0 Å². The first-order valence-electron chi connectivity index (χ1n) is 6.68. The largest absolute Gasteiger partial charge is 0.298 e. The fourth-order valence-corrected chi connectivity index (χ4v) is 3.30. The normalized spacial score (nSPS) is 11.9. The predicted molar refractivity (Wildman–Crippen MR) is 86.0 cm³/mol. The molecular formula is C14H13ClN4O3S. The summed E-state index contributed by atoms with van der Waals surface area (Å²) in [6.07, 6.45) is 1.37. The van der Waals surface area contributed by atoms with E-state index in [9.17, 15) is 13.2 Å². The van der Waals surface area contributed by atoms with Crippen molar-refractivity contribution >= 4 is 27.1 Å². The molecule has 3 rings (SSSR count). The van der Waals surface area contributed by atoms with Crippen LogP contribution in [0.3, 0.4) is 0 Å². The Hall–Kier alpha value is -2.16. The number of nitrogens with zero attached hydrogens (tertiary/aromatic N) is 2. The fraction of sp³-hybridized carbons (Fsp3) is 0.143. The summed E-state index contributed by atoms with van der Waals surface area (Å²) in [5.41, 5.74) is 0.552. The molecule has 120 valence electrons. The van der Waals surface area contributed by atoms with Crippen LogP contribution < -0.4 is 10.3 Å². The Bertz CT molecular complexity index is 1020. The van der Waals surface area contributed by atoms with Gasteiger partial charge in [0.05, 0.1) is 0 Å². The molecule has 3 aromatic rings. The molecule has 2 heterocycles. The highest BCUT2D eigenvalue weighted by molar-refractivity contribution is 7.89. The van der Waals surface area contributed by atoms with Crippen LogP contribution in [0.15, 0.2) is 46.2 Å². The number of hydrogen-bond acceptors (Lipinski definition) is 4. The monoisotopic (exact) mass is 352 g/mol. The average molecular weight is 353 g/mol. The van der Waals surface area contributed by atoms with E-state index in [-0.39, 0.29) is 17.0 Å². The molecule has 0 spiro atoms. The summed E-state index contributed by atoms with van der Waals surface area (Å²) in [4.78, 5) is 11.7. The van der Waals surface area contributed by atoms with Gasteiger partial charge in [0.1, 0.15) is 16.2 Å². The molecule has 2 aromatic heterocycles. The number of aromatic nitrogens is 3. The van der Waals surface area contributed by atoms with Gasteiger partial charge in [0.15, 0.2) is 0 Å². The van der Waals surface area contributed by atoms with E-state index in [1.807, 2.05) is 0 Å². The van der Waals surface area contributed by atoms with E-state index in [2.05, 4.69) is 14.9 Å². The lowest BCUT2D eigenvalue weighted by Crippen LogP contribution is -2.22. The number of halogens is 1. The number of nitrogens with one attached hydrogen (secondary N) is 2. The number of rotatable bonds is 4. The molecule has 0 bridgehead atoms. The van der Waals surface area contributed by atoms with Crippen LogP contribution in [0.4, 0.5) is 0 Å². The van der Waals surface area contributed by atoms with Gasteiger partial charge in [-0.05, 0) is 30.7 Å². The van der Waals surface area contributed by atoms with Crippen molar-refractivity contribution in [2.75, 3.05) is 0 Å². The van der Waals surface area contributed by atoms with Gasteiger partial charge in [0, 0.05) is 17.8 Å². The lowest BCUT2D eigenvalue weighted by atomic mass is 10.2. The summed E-state index contributed by atoms with van der Waals surface area (Å²) in [5.74, 6) is 0.485. The molecule has 0 radical (unpaired) electrons. The van der Waals surface area contributed by atoms with Crippen LogP contribution >= 0.6 is 11.6 Å². The van der Waals surface area contributed by atoms with E-state index in [0.29, 0.717) is 10.8 Å². The van der Waals surface area contributed by atoms with Crippen molar-refractivity contribution in [2.45, 2.75) is 18.4 Å². The zero-order valence-corrected chi connectivity index (χ0v) is 13.6. The molecule has 0 aliphatic carbocycles. The first-order chi connectivity index (χ1) is 10.9. The van der Waals surface area contributed by atoms with Crippen LogP contribution in [0.5, 0.6) is 0 Å². The van der Waals surface area contributed by atoms with Crippen LogP contribution in [0.25, 0.3) is 5.52 Å². The Balaban J connectivity index is 1.90. The molecule has 0 amide bonds. The highest BCUT2D eigenvalue weighted by atomic mass is 35.5. The summed E-state index contributed by atoms with van der Waals surface area (Å²) < 4.78 is 28.7. The van der Waals surface area contributed by atoms with Crippen molar-refractivity contribution in [2.24, 2.45) is 0 Å². The summed E-state index contributed by atoms with van der Waals surface area (Å²) in [5, 5.41) is 6.70. The van der Waals surface area contributed by atoms with Gasteiger partial charge in [-0.2, -0.15) is 5.10 Å². The van der Waals surface area contributed by atoms with Crippen LogP contribution in [-0.4, -0.2) is 23.0 Å². The minimum Gasteiger partial charge on any atom is -0.298 e. The number of benzene rings is 1. The second-order valence-corrected chi connectivity index (χ2v) is 7.19. The second kappa shape index (κ2) is 5.80. The van der Waals surface area contributed by atoms with Gasteiger partial charge in [-0.15, -0.1) is 0 Å². The Kier molecular flexibility index (Phi) is 3.97. The maximum atomic E-state index is 12.4. The summed E-state index contributed by atoms with van der Waals surface area (Å²) >= 11 is 5.79. The van der Waals surface area contributed by atoms with Gasteiger partial charge >= 0.3 is 0 Å². The standard InChI is InChI=1S/C14H13ClN4O3S/c1-9-17-18-14(20)13-6-12(8-19(9)13)23(21,22)16-7-10-2-4-11(15)5-3-10/h2-6,8,16H,7H2,1H3,(H,18,20). The van der Waals surface area contributed by atoms with E-state index < -0.39 is 15.6 Å². The maximum absolute atomic E-state index is 12.4. The van der Waals surface area contributed by atoms with Crippen LogP contribution in [0, 0.1) is 6.92 Å². The minimum atomic E-state index is -3.75. The molecule has 0 aliphatic rings. The maximum Gasteiger partial charge on any atom is 0.288 e. The number of aryl methyl sites for hydroxylation is 1. The topological polar surface area (TPSA) is 96.3 Å². The summed E-state index contributed by atoms with van der Waals surface area (Å²) in [6.45, 7) is 1.79. The third kappa shape index (κ3) is 3.14. The molecule has 2 N–H and O–H groups in total. The van der Waals surface area contributed by atoms with E-state index in [1.54, 1.807) is 31.2 Å². The smallest absolute Gasteiger partial charge is 0.288 e. The number of aromatic amines is 1. The molecule has 0 saturated heterocycles. The van der Waals surface area contributed by atoms with Crippen molar-refractivity contribution < 1.29 is 8.42 Å². The third-order valence-corrected chi connectivity index (χ3v) is 5.01. The Morgan fingerprint density at radius 3 is 2.65 bits per heavy atom. The summed E-state index contributed by atoms with van der Waals surface area (Å²) in [6, 6.07) is 8.16. The van der Waals surface area contributed by atoms with E-state index in [4.69, 9.17) is 11.6 Å². The molecule has 7 nitrogen and oxygen atoms in total. The number of fused-ring (bicyclic) bond motifs is 1. The second-order valence-electron chi connectivity index (χ2n) is 4.98. The predicted octanol–water partition coefficient (Wildman–Crippen LogP) is 1.46. The number of H-pyrrole nitrogens is 1. The zero-order valence-electron chi connectivity index (χ0n) is 12.1. The zero-order chi connectivity index (χ0) is 16.6. The Morgan fingerprint density at radius 1 is 1.30 bits per heavy atom. The van der Waals surface area contributed by atoms with Crippen LogP contribution in [0.1, 0.15) is 11.4 Å². The van der Waals surface area contributed by atoms with Crippen molar-refractivity contribution in [1.82, 2.24) is 19.3 Å². The molecule has 0 fully saturated rings. The molecule has 9 heteroatoms. The van der Waals surface area contributed by atoms with Crippen molar-refractivity contribution in [3.8, 4) is 0 Å². The van der Waals surface area contributed by atoms with Crippen molar-refractivity contribution in [3.05, 3.63) is 63.3 Å². The van der Waals surface area contributed by atoms with E-state index >= 15 is 0 Å².